The summed E-state index contributed by atoms with van der Waals surface area (Å²) in [6, 6.07) is 10.7. The van der Waals surface area contributed by atoms with Gasteiger partial charge in [0.2, 0.25) is 0 Å². The molecule has 114 valence electrons. The van der Waals surface area contributed by atoms with Crippen LogP contribution in [0.1, 0.15) is 16.2 Å². The molecule has 0 spiro atoms. The minimum atomic E-state index is -0.267. The minimum Gasteiger partial charge on any atom is -0.507 e. The second-order valence-corrected chi connectivity index (χ2v) is 6.12. The average Bonchev–Trinajstić information content (AvgIpc) is 3.11. The molecule has 2 heterocycles. The number of carbonyl (C=O) groups is 1. The van der Waals surface area contributed by atoms with Crippen LogP contribution in [-0.4, -0.2) is 20.4 Å². The van der Waals surface area contributed by atoms with E-state index in [1.54, 1.807) is 24.4 Å². The van der Waals surface area contributed by atoms with E-state index >= 15 is 0 Å². The van der Waals surface area contributed by atoms with Gasteiger partial charge < -0.3 is 10.4 Å². The molecule has 0 atom stereocenters. The third-order valence-electron chi connectivity index (χ3n) is 3.77. The van der Waals surface area contributed by atoms with Crippen LogP contribution < -0.4 is 5.32 Å². The summed E-state index contributed by atoms with van der Waals surface area (Å²) in [5.74, 6) is -0.0760. The fraction of sp³-hybridized carbons (Fsp3) is 0.0588. The number of anilines is 1. The predicted molar refractivity (Wildman–Crippen MR) is 91.4 cm³/mol. The number of rotatable bonds is 2. The first-order valence-corrected chi connectivity index (χ1v) is 7.97. The Balaban J connectivity index is 1.72. The lowest BCUT2D eigenvalue weighted by molar-refractivity contribution is 0.102. The number of aromatic nitrogens is 2. The molecule has 23 heavy (non-hydrogen) atoms. The summed E-state index contributed by atoms with van der Waals surface area (Å²) in [5.41, 5.74) is 2.07. The van der Waals surface area contributed by atoms with Crippen LogP contribution in [0.5, 0.6) is 5.75 Å². The van der Waals surface area contributed by atoms with Crippen molar-refractivity contribution in [3.8, 4) is 5.75 Å². The Morgan fingerprint density at radius 1 is 1.22 bits per heavy atom. The molecule has 6 heteroatoms. The van der Waals surface area contributed by atoms with Crippen molar-refractivity contribution in [1.82, 2.24) is 9.38 Å². The van der Waals surface area contributed by atoms with E-state index in [4.69, 9.17) is 0 Å². The molecule has 0 saturated carbocycles. The van der Waals surface area contributed by atoms with E-state index in [-0.39, 0.29) is 11.7 Å². The predicted octanol–water partition coefficient (Wildman–Crippen LogP) is 3.82. The van der Waals surface area contributed by atoms with Crippen molar-refractivity contribution in [3.05, 3.63) is 59.4 Å². The lowest BCUT2D eigenvalue weighted by Crippen LogP contribution is -2.12. The van der Waals surface area contributed by atoms with Gasteiger partial charge in [-0.1, -0.05) is 24.3 Å². The lowest BCUT2D eigenvalue weighted by atomic mass is 10.1. The quantitative estimate of drug-likeness (QED) is 0.589. The third kappa shape index (κ3) is 2.24. The molecular formula is C17H13N3O2S. The maximum atomic E-state index is 12.5. The van der Waals surface area contributed by atoms with Gasteiger partial charge in [0.1, 0.15) is 11.4 Å². The number of hydrogen-bond donors (Lipinski definition) is 2. The summed E-state index contributed by atoms with van der Waals surface area (Å²) in [7, 11) is 0. The van der Waals surface area contributed by atoms with Gasteiger partial charge in [0.05, 0.1) is 0 Å². The van der Waals surface area contributed by atoms with Gasteiger partial charge in [-0.05, 0) is 19.1 Å². The molecule has 0 aliphatic rings. The van der Waals surface area contributed by atoms with E-state index in [1.165, 1.54) is 11.3 Å². The summed E-state index contributed by atoms with van der Waals surface area (Å²) in [5, 5.41) is 16.3. The molecule has 5 nitrogen and oxygen atoms in total. The number of nitrogens with zero attached hydrogens (tertiary/aromatic N) is 2. The first-order valence-electron chi connectivity index (χ1n) is 7.09. The largest absolute Gasteiger partial charge is 0.507 e. The number of benzene rings is 2. The van der Waals surface area contributed by atoms with Crippen molar-refractivity contribution in [2.45, 2.75) is 6.92 Å². The number of imidazole rings is 1. The SMILES string of the molecule is Cc1csc2nc(C(=O)Nc3cccc4c(O)cccc34)cn12. The zero-order valence-electron chi connectivity index (χ0n) is 12.3. The molecule has 0 unspecified atom stereocenters. The highest BCUT2D eigenvalue weighted by atomic mass is 32.1. The van der Waals surface area contributed by atoms with Crippen LogP contribution in [0.15, 0.2) is 48.0 Å². The van der Waals surface area contributed by atoms with E-state index in [2.05, 4.69) is 10.3 Å². The standard InChI is InChI=1S/C17H13N3O2S/c1-10-9-23-17-19-14(8-20(10)17)16(22)18-13-6-2-5-12-11(13)4-3-7-15(12)21/h2-9,21H,1H3,(H,18,22). The number of aryl methyl sites for hydroxylation is 1. The second kappa shape index (κ2) is 5.10. The van der Waals surface area contributed by atoms with Crippen LogP contribution in [-0.2, 0) is 0 Å². The van der Waals surface area contributed by atoms with Gasteiger partial charge >= 0.3 is 0 Å². The molecule has 0 radical (unpaired) electrons. The molecule has 4 aromatic rings. The van der Waals surface area contributed by atoms with Crippen molar-refractivity contribution in [3.63, 3.8) is 0 Å². The van der Waals surface area contributed by atoms with E-state index in [1.807, 2.05) is 34.9 Å². The van der Waals surface area contributed by atoms with Gasteiger partial charge in [-0.25, -0.2) is 4.98 Å². The molecular weight excluding hydrogens is 310 g/mol. The lowest BCUT2D eigenvalue weighted by Gasteiger charge is -2.08. The Hall–Kier alpha value is -2.86. The smallest absolute Gasteiger partial charge is 0.275 e. The van der Waals surface area contributed by atoms with Gasteiger partial charge in [0.15, 0.2) is 4.96 Å². The Labute approximate surface area is 135 Å². The number of phenolic OH excluding ortho intramolecular Hbond substituents is 1. The first kappa shape index (κ1) is 13.8. The molecule has 0 bridgehead atoms. The van der Waals surface area contributed by atoms with Crippen LogP contribution in [0.4, 0.5) is 5.69 Å². The molecule has 2 aromatic carbocycles. The number of aromatic hydroxyl groups is 1. The Kier molecular flexibility index (Phi) is 3.06. The third-order valence-corrected chi connectivity index (χ3v) is 4.73. The topological polar surface area (TPSA) is 66.6 Å². The Bertz CT molecular complexity index is 1050. The number of thiazole rings is 1. The molecule has 0 saturated heterocycles. The highest BCUT2D eigenvalue weighted by Gasteiger charge is 2.14. The molecule has 0 aliphatic heterocycles. The maximum absolute atomic E-state index is 12.5. The van der Waals surface area contributed by atoms with Gasteiger partial charge in [0, 0.05) is 33.7 Å². The molecule has 1 amide bonds. The number of hydrogen-bond acceptors (Lipinski definition) is 4. The Morgan fingerprint density at radius 2 is 2.00 bits per heavy atom. The van der Waals surface area contributed by atoms with Crippen LogP contribution in [0.3, 0.4) is 0 Å². The summed E-state index contributed by atoms with van der Waals surface area (Å²) in [6.07, 6.45) is 1.74. The van der Waals surface area contributed by atoms with Gasteiger partial charge in [-0.3, -0.25) is 9.20 Å². The molecule has 0 aliphatic carbocycles. The highest BCUT2D eigenvalue weighted by Crippen LogP contribution is 2.30. The van der Waals surface area contributed by atoms with Crippen molar-refractivity contribution in [1.29, 1.82) is 0 Å². The van der Waals surface area contributed by atoms with E-state index < -0.39 is 0 Å². The van der Waals surface area contributed by atoms with Crippen molar-refractivity contribution in [2.75, 3.05) is 5.32 Å². The molecule has 2 N–H and O–H groups in total. The van der Waals surface area contributed by atoms with E-state index in [0.717, 1.165) is 16.0 Å². The zero-order chi connectivity index (χ0) is 16.0. The maximum Gasteiger partial charge on any atom is 0.275 e. The second-order valence-electron chi connectivity index (χ2n) is 5.29. The Morgan fingerprint density at radius 3 is 2.83 bits per heavy atom. The van der Waals surface area contributed by atoms with Crippen LogP contribution in [0, 0.1) is 6.92 Å². The summed E-state index contributed by atoms with van der Waals surface area (Å²) in [4.78, 5) is 17.6. The number of fused-ring (bicyclic) bond motifs is 2. The van der Waals surface area contributed by atoms with Crippen molar-refractivity contribution >= 4 is 38.7 Å². The summed E-state index contributed by atoms with van der Waals surface area (Å²) >= 11 is 1.50. The van der Waals surface area contributed by atoms with Gasteiger partial charge in [0.25, 0.3) is 5.91 Å². The number of amides is 1. The van der Waals surface area contributed by atoms with Gasteiger partial charge in [-0.15, -0.1) is 11.3 Å². The molecule has 0 fully saturated rings. The normalized spacial score (nSPS) is 11.2. The van der Waals surface area contributed by atoms with Crippen molar-refractivity contribution in [2.24, 2.45) is 0 Å². The monoisotopic (exact) mass is 323 g/mol. The number of phenols is 1. The first-order chi connectivity index (χ1) is 11.1. The average molecular weight is 323 g/mol. The van der Waals surface area contributed by atoms with Crippen LogP contribution in [0.2, 0.25) is 0 Å². The fourth-order valence-corrected chi connectivity index (χ4v) is 3.44. The summed E-state index contributed by atoms with van der Waals surface area (Å²) < 4.78 is 1.90. The fourth-order valence-electron chi connectivity index (χ4n) is 2.59. The minimum absolute atomic E-state index is 0.191. The number of carbonyl (C=O) groups excluding carboxylic acids is 1. The number of nitrogens with one attached hydrogen (secondary N) is 1. The molecule has 2 aromatic heterocycles. The van der Waals surface area contributed by atoms with Crippen molar-refractivity contribution < 1.29 is 9.90 Å². The van der Waals surface area contributed by atoms with Gasteiger partial charge in [-0.2, -0.15) is 0 Å². The van der Waals surface area contributed by atoms with Crippen LogP contribution in [0.25, 0.3) is 15.7 Å². The zero-order valence-corrected chi connectivity index (χ0v) is 13.1. The highest BCUT2D eigenvalue weighted by molar-refractivity contribution is 7.15. The van der Waals surface area contributed by atoms with E-state index in [9.17, 15) is 9.90 Å². The van der Waals surface area contributed by atoms with Crippen LogP contribution >= 0.6 is 11.3 Å². The van der Waals surface area contributed by atoms with E-state index in [0.29, 0.717) is 16.8 Å². The summed E-state index contributed by atoms with van der Waals surface area (Å²) in [6.45, 7) is 1.97. The molecule has 4 rings (SSSR count).